The third-order valence-corrected chi connectivity index (χ3v) is 4.35. The van der Waals surface area contributed by atoms with Crippen LogP contribution < -0.4 is 5.32 Å². The maximum absolute atomic E-state index is 14.0. The lowest BCUT2D eigenvalue weighted by Crippen LogP contribution is -2.06. The minimum absolute atomic E-state index is 0.157. The van der Waals surface area contributed by atoms with Gasteiger partial charge in [0.25, 0.3) is 0 Å². The lowest BCUT2D eigenvalue weighted by Gasteiger charge is -2.11. The SMILES string of the molecule is CNCc1cccc(F)c1Sc1ccc(C(C)C)cc1. The Morgan fingerprint density at radius 3 is 2.40 bits per heavy atom. The molecule has 0 saturated heterocycles. The summed E-state index contributed by atoms with van der Waals surface area (Å²) in [5, 5.41) is 3.08. The van der Waals surface area contributed by atoms with Gasteiger partial charge >= 0.3 is 0 Å². The Bertz CT molecular complexity index is 564. The van der Waals surface area contributed by atoms with Gasteiger partial charge in [0.2, 0.25) is 0 Å². The fourth-order valence-corrected chi connectivity index (χ4v) is 2.98. The van der Waals surface area contributed by atoms with Crippen molar-refractivity contribution in [3.05, 3.63) is 59.4 Å². The summed E-state index contributed by atoms with van der Waals surface area (Å²) in [5.41, 5.74) is 2.30. The molecule has 0 aliphatic heterocycles. The van der Waals surface area contributed by atoms with Crippen LogP contribution in [-0.4, -0.2) is 7.05 Å². The Morgan fingerprint density at radius 2 is 1.80 bits per heavy atom. The Hall–Kier alpha value is -1.32. The molecule has 0 atom stereocenters. The monoisotopic (exact) mass is 289 g/mol. The topological polar surface area (TPSA) is 12.0 Å². The van der Waals surface area contributed by atoms with E-state index in [-0.39, 0.29) is 5.82 Å². The van der Waals surface area contributed by atoms with Crippen LogP contribution in [0.1, 0.15) is 30.9 Å². The smallest absolute Gasteiger partial charge is 0.137 e. The maximum Gasteiger partial charge on any atom is 0.137 e. The molecule has 0 heterocycles. The number of nitrogens with one attached hydrogen (secondary N) is 1. The summed E-state index contributed by atoms with van der Waals surface area (Å²) in [6.07, 6.45) is 0. The summed E-state index contributed by atoms with van der Waals surface area (Å²) < 4.78 is 14.0. The van der Waals surface area contributed by atoms with Gasteiger partial charge in [-0.25, -0.2) is 4.39 Å². The van der Waals surface area contributed by atoms with Gasteiger partial charge in [-0.2, -0.15) is 0 Å². The minimum Gasteiger partial charge on any atom is -0.316 e. The molecule has 2 rings (SSSR count). The molecule has 1 nitrogen and oxygen atoms in total. The molecule has 1 N–H and O–H groups in total. The van der Waals surface area contributed by atoms with Crippen molar-refractivity contribution >= 4 is 11.8 Å². The zero-order valence-corrected chi connectivity index (χ0v) is 12.9. The van der Waals surface area contributed by atoms with Crippen LogP contribution >= 0.6 is 11.8 Å². The number of benzene rings is 2. The normalized spacial score (nSPS) is 11.1. The third kappa shape index (κ3) is 3.62. The van der Waals surface area contributed by atoms with Crippen LogP contribution in [0, 0.1) is 5.82 Å². The molecule has 3 heteroatoms. The number of hydrogen-bond acceptors (Lipinski definition) is 2. The van der Waals surface area contributed by atoms with Crippen molar-refractivity contribution in [3.63, 3.8) is 0 Å². The molecule has 0 unspecified atom stereocenters. The predicted molar refractivity (Wildman–Crippen MR) is 83.8 cm³/mol. The first-order valence-corrected chi connectivity index (χ1v) is 7.63. The van der Waals surface area contributed by atoms with Crippen LogP contribution in [0.4, 0.5) is 4.39 Å². The lowest BCUT2D eigenvalue weighted by molar-refractivity contribution is 0.594. The van der Waals surface area contributed by atoms with Crippen LogP contribution in [0.3, 0.4) is 0 Å². The van der Waals surface area contributed by atoms with Gasteiger partial charge in [0, 0.05) is 11.4 Å². The number of rotatable bonds is 5. The van der Waals surface area contributed by atoms with Gasteiger partial charge in [0.15, 0.2) is 0 Å². The summed E-state index contributed by atoms with van der Waals surface area (Å²) in [6.45, 7) is 5.01. The highest BCUT2D eigenvalue weighted by Crippen LogP contribution is 2.33. The molecular formula is C17H20FNS. The van der Waals surface area contributed by atoms with E-state index in [1.165, 1.54) is 23.4 Å². The van der Waals surface area contributed by atoms with Crippen LogP contribution in [0.2, 0.25) is 0 Å². The van der Waals surface area contributed by atoms with E-state index < -0.39 is 0 Å². The average molecular weight is 289 g/mol. The lowest BCUT2D eigenvalue weighted by atomic mass is 10.0. The zero-order valence-electron chi connectivity index (χ0n) is 12.1. The fraction of sp³-hybridized carbons (Fsp3) is 0.294. The third-order valence-electron chi connectivity index (χ3n) is 3.18. The molecule has 0 spiro atoms. The van der Waals surface area contributed by atoms with Gasteiger partial charge < -0.3 is 5.32 Å². The molecule has 0 saturated carbocycles. The second kappa shape index (κ2) is 6.91. The molecule has 0 amide bonds. The first-order valence-electron chi connectivity index (χ1n) is 6.81. The van der Waals surface area contributed by atoms with E-state index in [1.807, 2.05) is 13.1 Å². The predicted octanol–water partition coefficient (Wildman–Crippen LogP) is 4.82. The first kappa shape index (κ1) is 15.1. The summed E-state index contributed by atoms with van der Waals surface area (Å²) in [7, 11) is 1.87. The van der Waals surface area contributed by atoms with E-state index in [4.69, 9.17) is 0 Å². The van der Waals surface area contributed by atoms with Gasteiger partial charge in [-0.3, -0.25) is 0 Å². The molecule has 20 heavy (non-hydrogen) atoms. The second-order valence-electron chi connectivity index (χ2n) is 5.08. The van der Waals surface area contributed by atoms with Crippen molar-refractivity contribution in [2.45, 2.75) is 36.1 Å². The summed E-state index contributed by atoms with van der Waals surface area (Å²) in [5.74, 6) is 0.359. The van der Waals surface area contributed by atoms with E-state index >= 15 is 0 Å². The van der Waals surface area contributed by atoms with Crippen molar-refractivity contribution in [1.29, 1.82) is 0 Å². The molecule has 0 aliphatic rings. The Kier molecular flexibility index (Phi) is 5.21. The van der Waals surface area contributed by atoms with Crippen molar-refractivity contribution in [2.24, 2.45) is 0 Å². The maximum atomic E-state index is 14.0. The van der Waals surface area contributed by atoms with Gasteiger partial charge in [-0.1, -0.05) is 49.9 Å². The van der Waals surface area contributed by atoms with Crippen LogP contribution in [0.5, 0.6) is 0 Å². The van der Waals surface area contributed by atoms with E-state index in [9.17, 15) is 4.39 Å². The molecule has 0 aliphatic carbocycles. The molecule has 106 valence electrons. The highest BCUT2D eigenvalue weighted by molar-refractivity contribution is 7.99. The minimum atomic E-state index is -0.157. The fourth-order valence-electron chi connectivity index (χ4n) is 2.04. The van der Waals surface area contributed by atoms with Crippen molar-refractivity contribution in [1.82, 2.24) is 5.32 Å². The summed E-state index contributed by atoms with van der Waals surface area (Å²) >= 11 is 1.49. The van der Waals surface area contributed by atoms with Crippen LogP contribution in [0.25, 0.3) is 0 Å². The largest absolute Gasteiger partial charge is 0.316 e. The quantitative estimate of drug-likeness (QED) is 0.847. The Labute approximate surface area is 124 Å². The van der Waals surface area contributed by atoms with E-state index in [2.05, 4.69) is 43.4 Å². The van der Waals surface area contributed by atoms with Crippen LogP contribution in [0.15, 0.2) is 52.3 Å². The highest BCUT2D eigenvalue weighted by atomic mass is 32.2. The van der Waals surface area contributed by atoms with E-state index in [0.29, 0.717) is 17.4 Å². The molecule has 0 bridgehead atoms. The Morgan fingerprint density at radius 1 is 1.10 bits per heavy atom. The van der Waals surface area contributed by atoms with Crippen LogP contribution in [-0.2, 0) is 6.54 Å². The van der Waals surface area contributed by atoms with Crippen molar-refractivity contribution < 1.29 is 4.39 Å². The standard InChI is InChI=1S/C17H20FNS/c1-12(2)13-7-9-15(10-8-13)20-17-14(11-19-3)5-4-6-16(17)18/h4-10,12,19H,11H2,1-3H3. The van der Waals surface area contributed by atoms with E-state index in [1.54, 1.807) is 6.07 Å². The highest BCUT2D eigenvalue weighted by Gasteiger charge is 2.10. The molecule has 2 aromatic carbocycles. The molecule has 0 aromatic heterocycles. The second-order valence-corrected chi connectivity index (χ2v) is 6.17. The van der Waals surface area contributed by atoms with Crippen molar-refractivity contribution in [2.75, 3.05) is 7.05 Å². The van der Waals surface area contributed by atoms with Gasteiger partial charge in [0.05, 0.1) is 4.90 Å². The summed E-state index contributed by atoms with van der Waals surface area (Å²) in [4.78, 5) is 1.77. The average Bonchev–Trinajstić information content (AvgIpc) is 2.43. The molecule has 2 aromatic rings. The number of halogens is 1. The first-order chi connectivity index (χ1) is 9.61. The Balaban J connectivity index is 2.25. The zero-order chi connectivity index (χ0) is 14.5. The van der Waals surface area contributed by atoms with Crippen molar-refractivity contribution in [3.8, 4) is 0 Å². The molecular weight excluding hydrogens is 269 g/mol. The molecule has 0 fully saturated rings. The molecule has 0 radical (unpaired) electrons. The van der Waals surface area contributed by atoms with E-state index in [0.717, 1.165) is 10.5 Å². The number of hydrogen-bond donors (Lipinski definition) is 1. The summed E-state index contributed by atoms with van der Waals surface area (Å²) in [6, 6.07) is 13.6. The van der Waals surface area contributed by atoms with Gasteiger partial charge in [-0.05, 0) is 42.3 Å². The van der Waals surface area contributed by atoms with Gasteiger partial charge in [0.1, 0.15) is 5.82 Å². The van der Waals surface area contributed by atoms with Gasteiger partial charge in [-0.15, -0.1) is 0 Å².